The Morgan fingerprint density at radius 1 is 0.529 bits per heavy atom. The minimum absolute atomic E-state index is 0.00343. The molecule has 0 atom stereocenters. The molecule has 0 unspecified atom stereocenters. The van der Waals surface area contributed by atoms with Crippen molar-refractivity contribution in [2.24, 2.45) is 0 Å². The predicted octanol–water partition coefficient (Wildman–Crippen LogP) is 9.78. The summed E-state index contributed by atoms with van der Waals surface area (Å²) in [6, 6.07) is 0. The molecule has 0 aromatic rings. The summed E-state index contributed by atoms with van der Waals surface area (Å²) in [6.45, 7) is 6.73. The van der Waals surface area contributed by atoms with Crippen LogP contribution >= 0.6 is 0 Å². The molecule has 4 nitrogen and oxygen atoms in total. The van der Waals surface area contributed by atoms with Crippen molar-refractivity contribution in [2.45, 2.75) is 180 Å². The zero-order valence-electron chi connectivity index (χ0n) is 23.1. The van der Waals surface area contributed by atoms with E-state index in [9.17, 15) is 9.59 Å². The molecule has 0 amide bonds. The van der Waals surface area contributed by atoms with Gasteiger partial charge in [0.05, 0.1) is 0 Å². The van der Waals surface area contributed by atoms with Gasteiger partial charge in [0.25, 0.3) is 0 Å². The van der Waals surface area contributed by atoms with Gasteiger partial charge in [0.15, 0.2) is 0 Å². The fourth-order valence-corrected chi connectivity index (χ4v) is 4.98. The molecule has 0 aliphatic heterocycles. The molecule has 202 valence electrons. The Bertz CT molecular complexity index is 458. The topological polar surface area (TPSA) is 63.6 Å². The van der Waals surface area contributed by atoms with Crippen LogP contribution in [0.4, 0.5) is 0 Å². The maximum atomic E-state index is 12.8. The number of carbonyl (C=O) groups excluding carboxylic acids is 1. The van der Waals surface area contributed by atoms with Gasteiger partial charge < -0.3 is 9.84 Å². The van der Waals surface area contributed by atoms with Crippen LogP contribution in [0, 0.1) is 0 Å². The van der Waals surface area contributed by atoms with E-state index < -0.39 is 5.97 Å². The number of unbranched alkanes of at least 4 members (excludes halogenated alkanes) is 15. The van der Waals surface area contributed by atoms with Crippen LogP contribution in [0.15, 0.2) is 0 Å². The van der Waals surface area contributed by atoms with E-state index in [0.29, 0.717) is 6.42 Å². The van der Waals surface area contributed by atoms with E-state index in [1.54, 1.807) is 0 Å². The Kier molecular flexibility index (Phi) is 22.9. The van der Waals surface area contributed by atoms with Crippen molar-refractivity contribution in [1.29, 1.82) is 0 Å². The average Bonchev–Trinajstić information content (AvgIpc) is 2.80. The number of esters is 1. The number of aliphatic carboxylic acids is 1. The molecule has 0 heterocycles. The Morgan fingerprint density at radius 2 is 0.941 bits per heavy atom. The standard InChI is InChI=1S/C30H58O4/c1-4-7-9-11-17-21-26-30(25-6-3,27-22-18-12-10-8-5-2)34-29(33)24-20-16-14-13-15-19-23-28(31)32/h4-27H2,1-3H3,(H,31,32). The molecular formula is C30H58O4. The SMILES string of the molecule is CCCCCCCCC(CCC)(CCCCCCCC)OC(=O)CCCCCCCCC(=O)O. The second-order valence-corrected chi connectivity index (χ2v) is 10.5. The lowest BCUT2D eigenvalue weighted by Gasteiger charge is -2.34. The Hall–Kier alpha value is -1.06. The first-order chi connectivity index (χ1) is 16.5. The molecule has 1 N–H and O–H groups in total. The molecule has 34 heavy (non-hydrogen) atoms. The Balaban J connectivity index is 4.52. The van der Waals surface area contributed by atoms with E-state index in [1.807, 2.05) is 0 Å². The summed E-state index contributed by atoms with van der Waals surface area (Å²) in [7, 11) is 0. The van der Waals surface area contributed by atoms with Crippen molar-refractivity contribution in [3.05, 3.63) is 0 Å². The van der Waals surface area contributed by atoms with E-state index in [0.717, 1.165) is 64.2 Å². The second kappa shape index (κ2) is 23.7. The molecule has 0 bridgehead atoms. The monoisotopic (exact) mass is 482 g/mol. The summed E-state index contributed by atoms with van der Waals surface area (Å²) < 4.78 is 6.30. The van der Waals surface area contributed by atoms with Crippen LogP contribution in [0.2, 0.25) is 0 Å². The minimum Gasteiger partial charge on any atom is -0.481 e. The third-order valence-electron chi connectivity index (χ3n) is 7.03. The number of carboxylic acid groups (broad SMARTS) is 1. The van der Waals surface area contributed by atoms with Crippen molar-refractivity contribution >= 4 is 11.9 Å². The molecule has 0 spiro atoms. The number of carboxylic acids is 1. The highest BCUT2D eigenvalue weighted by molar-refractivity contribution is 5.69. The molecule has 0 rings (SSSR count). The van der Waals surface area contributed by atoms with Gasteiger partial charge in [-0.15, -0.1) is 0 Å². The first-order valence-electron chi connectivity index (χ1n) is 14.9. The van der Waals surface area contributed by atoms with Crippen LogP contribution in [-0.2, 0) is 14.3 Å². The average molecular weight is 483 g/mol. The van der Waals surface area contributed by atoms with Gasteiger partial charge in [-0.1, -0.05) is 117 Å². The number of hydrogen-bond donors (Lipinski definition) is 1. The number of rotatable bonds is 26. The van der Waals surface area contributed by atoms with Crippen LogP contribution in [0.5, 0.6) is 0 Å². The highest BCUT2D eigenvalue weighted by Crippen LogP contribution is 2.33. The van der Waals surface area contributed by atoms with Gasteiger partial charge in [0.2, 0.25) is 0 Å². The molecule has 0 aliphatic carbocycles. The maximum absolute atomic E-state index is 12.8. The summed E-state index contributed by atoms with van der Waals surface area (Å²) >= 11 is 0. The molecule has 0 fully saturated rings. The van der Waals surface area contributed by atoms with Crippen LogP contribution in [0.3, 0.4) is 0 Å². The van der Waals surface area contributed by atoms with E-state index in [2.05, 4.69) is 20.8 Å². The van der Waals surface area contributed by atoms with Crippen molar-refractivity contribution in [1.82, 2.24) is 0 Å². The summed E-state index contributed by atoms with van der Waals surface area (Å²) in [6.07, 6.45) is 25.9. The van der Waals surface area contributed by atoms with Crippen LogP contribution < -0.4 is 0 Å². The fraction of sp³-hybridized carbons (Fsp3) is 0.933. The van der Waals surface area contributed by atoms with E-state index in [1.165, 1.54) is 77.0 Å². The molecule has 4 heteroatoms. The second-order valence-electron chi connectivity index (χ2n) is 10.5. The van der Waals surface area contributed by atoms with Gasteiger partial charge in [-0.3, -0.25) is 9.59 Å². The number of hydrogen-bond acceptors (Lipinski definition) is 3. The van der Waals surface area contributed by atoms with Gasteiger partial charge in [0.1, 0.15) is 5.60 Å². The number of ether oxygens (including phenoxy) is 1. The minimum atomic E-state index is -0.708. The molecule has 0 radical (unpaired) electrons. The summed E-state index contributed by atoms with van der Waals surface area (Å²) in [4.78, 5) is 23.4. The van der Waals surface area contributed by atoms with Gasteiger partial charge in [-0.2, -0.15) is 0 Å². The van der Waals surface area contributed by atoms with Crippen LogP contribution in [0.1, 0.15) is 175 Å². The quantitative estimate of drug-likeness (QED) is 0.0984. The Labute approximate surface area is 212 Å². The lowest BCUT2D eigenvalue weighted by atomic mass is 9.85. The first kappa shape index (κ1) is 32.9. The van der Waals surface area contributed by atoms with Crippen molar-refractivity contribution < 1.29 is 19.4 Å². The maximum Gasteiger partial charge on any atom is 0.306 e. The van der Waals surface area contributed by atoms with Gasteiger partial charge in [-0.25, -0.2) is 0 Å². The highest BCUT2D eigenvalue weighted by Gasteiger charge is 2.32. The van der Waals surface area contributed by atoms with Gasteiger partial charge in [-0.05, 0) is 44.9 Å². The van der Waals surface area contributed by atoms with E-state index in [4.69, 9.17) is 9.84 Å². The molecule has 0 saturated heterocycles. The first-order valence-corrected chi connectivity index (χ1v) is 14.9. The zero-order chi connectivity index (χ0) is 25.3. The van der Waals surface area contributed by atoms with E-state index in [-0.39, 0.29) is 18.0 Å². The van der Waals surface area contributed by atoms with E-state index >= 15 is 0 Å². The largest absolute Gasteiger partial charge is 0.481 e. The lowest BCUT2D eigenvalue weighted by molar-refractivity contribution is -0.163. The normalized spacial score (nSPS) is 11.6. The van der Waals surface area contributed by atoms with Crippen LogP contribution in [0.25, 0.3) is 0 Å². The summed E-state index contributed by atoms with van der Waals surface area (Å²) in [5.74, 6) is -0.712. The molecule has 0 aliphatic rings. The number of carbonyl (C=O) groups is 2. The predicted molar refractivity (Wildman–Crippen MR) is 144 cm³/mol. The van der Waals surface area contributed by atoms with Crippen molar-refractivity contribution in [3.63, 3.8) is 0 Å². The molecule has 0 aromatic carbocycles. The van der Waals surface area contributed by atoms with Crippen molar-refractivity contribution in [2.75, 3.05) is 0 Å². The van der Waals surface area contributed by atoms with Crippen LogP contribution in [-0.4, -0.2) is 22.6 Å². The van der Waals surface area contributed by atoms with Gasteiger partial charge in [0, 0.05) is 12.8 Å². The smallest absolute Gasteiger partial charge is 0.306 e. The lowest BCUT2D eigenvalue weighted by Crippen LogP contribution is -2.35. The van der Waals surface area contributed by atoms with Crippen molar-refractivity contribution in [3.8, 4) is 0 Å². The molecule has 0 saturated carbocycles. The molecule has 0 aromatic heterocycles. The summed E-state index contributed by atoms with van der Waals surface area (Å²) in [5, 5.41) is 8.70. The Morgan fingerprint density at radius 3 is 1.38 bits per heavy atom. The zero-order valence-corrected chi connectivity index (χ0v) is 23.1. The third-order valence-corrected chi connectivity index (χ3v) is 7.03. The fourth-order valence-electron chi connectivity index (χ4n) is 4.98. The third kappa shape index (κ3) is 20.3. The highest BCUT2D eigenvalue weighted by atomic mass is 16.6. The van der Waals surface area contributed by atoms with Gasteiger partial charge >= 0.3 is 11.9 Å². The summed E-state index contributed by atoms with van der Waals surface area (Å²) in [5.41, 5.74) is -0.252. The molecular weight excluding hydrogens is 424 g/mol.